The number of phosphoric ester groups is 2. The van der Waals surface area contributed by atoms with Gasteiger partial charge in [0.15, 0.2) is 0 Å². The molecule has 578 valence electrons. The molecule has 0 saturated carbocycles. The molecule has 16 nitrogen and oxygen atoms in total. The quantitative estimate of drug-likeness (QED) is 0.0127. The molecular formula is C86H118O16P4. The van der Waals surface area contributed by atoms with E-state index >= 15 is 0 Å². The summed E-state index contributed by atoms with van der Waals surface area (Å²) in [5.41, 5.74) is 16.0. The Bertz CT molecular complexity index is 4360. The zero-order valence-corrected chi connectivity index (χ0v) is 70.3. The average Bonchev–Trinajstić information content (AvgIpc) is 0.778. The third kappa shape index (κ3) is 32.6. The third-order valence-corrected chi connectivity index (χ3v) is 19.4. The summed E-state index contributed by atoms with van der Waals surface area (Å²) in [6, 6.07) is 21.7. The van der Waals surface area contributed by atoms with E-state index in [4.69, 9.17) is 27.6 Å². The second kappa shape index (κ2) is 43.0. The standard InChI is InChI=1S/C30H44O4P2.C30H38O4.C26H36O8P2/c1-22(2)14-12-15-23(3)16-13-17-24(4)20-21-26-25(5)29(33-35(6,7)31)27-18-10-11-19-28(27)30(26)34-36(8,9)32;1-20(2)12-10-13-21(3)14-11-15-22(4)18-19-26-23(5)29(33-24(6)31)27-16-8-9-17-28(27)30(26)34-25(7)32;1-18(2)10-8-11-19(3)12-9-13-20(4)16-17-22-21(5)25(33-35(27,28)29)23-14-6-7-15-24(23)26(22)34-36(30,31)32/h10-11,14,16,18-20H,12-13,15,17,21H2,1-9H3;8-9,12,14,16-18H,10-11,13,15,19H2,1-7H3;6-7,10,12,14-16H,8-9,11,13,17H2,1-5H3,(H2,27,28,29)(H2,30,31,32)/b23-16+,24-20+;21-14+,22-18+;19-12+,20-16+. The molecule has 0 aliphatic carbocycles. The van der Waals surface area contributed by atoms with E-state index in [-0.39, 0.29) is 40.6 Å². The molecule has 0 amide bonds. The summed E-state index contributed by atoms with van der Waals surface area (Å²) in [5.74, 6) is 1.47. The van der Waals surface area contributed by atoms with Crippen molar-refractivity contribution < 1.29 is 75.0 Å². The fourth-order valence-electron chi connectivity index (χ4n) is 11.9. The number of phosphoric acid groups is 2. The maximum absolute atomic E-state index is 12.7. The Morgan fingerprint density at radius 2 is 0.528 bits per heavy atom. The van der Waals surface area contributed by atoms with E-state index in [1.54, 1.807) is 57.8 Å². The number of hydrogen-bond acceptors (Lipinski definition) is 12. The summed E-state index contributed by atoms with van der Waals surface area (Å²) in [5, 5.41) is 3.72. The molecule has 6 aromatic carbocycles. The van der Waals surface area contributed by atoms with Crippen LogP contribution in [0.15, 0.2) is 178 Å². The third-order valence-electron chi connectivity index (χ3n) is 17.3. The lowest BCUT2D eigenvalue weighted by Crippen LogP contribution is -2.09. The van der Waals surface area contributed by atoms with Crippen LogP contribution >= 0.6 is 30.4 Å². The Labute approximate surface area is 632 Å². The van der Waals surface area contributed by atoms with E-state index in [2.05, 4.69) is 125 Å². The normalized spacial score (nSPS) is 12.8. The van der Waals surface area contributed by atoms with Crippen LogP contribution in [0.25, 0.3) is 32.3 Å². The van der Waals surface area contributed by atoms with Gasteiger partial charge in [0.05, 0.1) is 0 Å². The molecule has 0 radical (unpaired) electrons. The molecule has 0 aliphatic heterocycles. The number of fused-ring (bicyclic) bond motifs is 3. The molecule has 0 aliphatic rings. The van der Waals surface area contributed by atoms with Gasteiger partial charge in [0.1, 0.15) is 34.5 Å². The van der Waals surface area contributed by atoms with E-state index in [1.807, 2.05) is 75.4 Å². The molecule has 0 heterocycles. The van der Waals surface area contributed by atoms with Crippen LogP contribution in [0.3, 0.4) is 0 Å². The van der Waals surface area contributed by atoms with Crippen molar-refractivity contribution in [2.45, 2.75) is 214 Å². The summed E-state index contributed by atoms with van der Waals surface area (Å²) >= 11 is 0. The van der Waals surface area contributed by atoms with Gasteiger partial charge < -0.3 is 27.6 Å². The number of hydrogen-bond donors (Lipinski definition) is 4. The fourth-order valence-corrected chi connectivity index (χ4v) is 14.1. The van der Waals surface area contributed by atoms with Gasteiger partial charge >= 0.3 is 27.6 Å². The van der Waals surface area contributed by atoms with Gasteiger partial charge in [-0.1, -0.05) is 178 Å². The molecule has 0 atom stereocenters. The van der Waals surface area contributed by atoms with Gasteiger partial charge in [-0.05, 0) is 217 Å². The van der Waals surface area contributed by atoms with E-state index in [0.717, 1.165) is 126 Å². The summed E-state index contributed by atoms with van der Waals surface area (Å²) in [6.45, 7) is 40.2. The molecule has 106 heavy (non-hydrogen) atoms. The van der Waals surface area contributed by atoms with Crippen molar-refractivity contribution >= 4 is 74.6 Å². The summed E-state index contributed by atoms with van der Waals surface area (Å²) in [7, 11) is -15.4. The minimum Gasteiger partial charge on any atom is -0.442 e. The van der Waals surface area contributed by atoms with Gasteiger partial charge in [0.2, 0.25) is 14.7 Å². The Kier molecular flexibility index (Phi) is 36.9. The topological polar surface area (TPSA) is 239 Å². The Morgan fingerprint density at radius 1 is 0.311 bits per heavy atom. The molecular weight excluding hydrogens is 1410 g/mol. The van der Waals surface area contributed by atoms with Crippen molar-refractivity contribution in [1.82, 2.24) is 0 Å². The number of esters is 2. The molecule has 0 spiro atoms. The lowest BCUT2D eigenvalue weighted by atomic mass is 9.95. The maximum atomic E-state index is 12.7. The lowest BCUT2D eigenvalue weighted by molar-refractivity contribution is -0.133. The van der Waals surface area contributed by atoms with Crippen LogP contribution in [0, 0.1) is 20.8 Å². The van der Waals surface area contributed by atoms with Crippen molar-refractivity contribution in [1.29, 1.82) is 0 Å². The largest absolute Gasteiger partial charge is 0.524 e. The van der Waals surface area contributed by atoms with Crippen molar-refractivity contribution in [3.05, 3.63) is 211 Å². The highest BCUT2D eigenvalue weighted by atomic mass is 31.2. The van der Waals surface area contributed by atoms with Crippen LogP contribution in [-0.4, -0.2) is 58.2 Å². The van der Waals surface area contributed by atoms with Gasteiger partial charge in [-0.3, -0.25) is 38.3 Å². The maximum Gasteiger partial charge on any atom is 0.524 e. The first-order chi connectivity index (χ1) is 49.4. The SMILES string of the molecule is CC(=O)Oc1c(C)c(C/C=C(\C)CC/C=C(\C)CCC=C(C)C)c(OC(C)=O)c2ccccc12.CC(C)=CCC/C(C)=C/CC/C(C)=C/Cc1c(C)c(OP(=O)(O)O)c2ccccc2c1OP(=O)(O)O.CC(C)=CCC/C(C)=C/CC/C(C)=C/Cc1c(C)c(OP(C)(C)=O)c2ccccc2c1OP(C)(C)=O. The second-order valence-electron chi connectivity index (χ2n) is 29.0. The Balaban J connectivity index is 0.000000336. The van der Waals surface area contributed by atoms with Crippen molar-refractivity contribution in [2.75, 3.05) is 26.7 Å². The summed E-state index contributed by atoms with van der Waals surface area (Å²) in [6.07, 6.45) is 33.4. The number of rotatable bonds is 34. The molecule has 0 fully saturated rings. The molecule has 4 N–H and O–H groups in total. The van der Waals surface area contributed by atoms with Gasteiger partial charge in [0.25, 0.3) is 0 Å². The predicted octanol–water partition coefficient (Wildman–Crippen LogP) is 25.0. The number of benzene rings is 6. The van der Waals surface area contributed by atoms with Crippen LogP contribution in [0.2, 0.25) is 0 Å². The van der Waals surface area contributed by atoms with Gasteiger partial charge in [0, 0.05) is 89.5 Å². The number of ether oxygens (including phenoxy) is 2. The number of allylic oxidation sites excluding steroid dienone is 18. The highest BCUT2D eigenvalue weighted by Crippen LogP contribution is 2.53. The van der Waals surface area contributed by atoms with E-state index in [9.17, 15) is 47.4 Å². The van der Waals surface area contributed by atoms with E-state index in [0.29, 0.717) is 47.0 Å². The van der Waals surface area contributed by atoms with Gasteiger partial charge in [-0.15, -0.1) is 0 Å². The minimum atomic E-state index is -4.91. The summed E-state index contributed by atoms with van der Waals surface area (Å²) < 4.78 is 82.3. The second-order valence-corrected chi connectivity index (χ2v) is 36.7. The zero-order chi connectivity index (χ0) is 79.4. The lowest BCUT2D eigenvalue weighted by Gasteiger charge is -2.23. The number of carbonyl (C=O) groups excluding carboxylic acids is 2. The molecule has 20 heteroatoms. The van der Waals surface area contributed by atoms with Crippen LogP contribution in [0.5, 0.6) is 34.5 Å². The first-order valence-electron chi connectivity index (χ1n) is 36.3. The van der Waals surface area contributed by atoms with Crippen LogP contribution in [0.1, 0.15) is 207 Å². The Morgan fingerprint density at radius 3 is 0.821 bits per heavy atom. The number of carbonyl (C=O) groups is 2. The van der Waals surface area contributed by atoms with Crippen LogP contribution in [0.4, 0.5) is 0 Å². The first-order valence-corrected chi connectivity index (χ1v) is 44.4. The van der Waals surface area contributed by atoms with Crippen LogP contribution in [-0.2, 0) is 47.1 Å². The zero-order valence-electron chi connectivity index (χ0n) is 66.7. The fraction of sp³-hybridized carbons (Fsp3) is 0.419. The molecule has 6 aromatic rings. The molecule has 0 aromatic heterocycles. The summed E-state index contributed by atoms with van der Waals surface area (Å²) in [4.78, 5) is 61.7. The van der Waals surface area contributed by atoms with E-state index in [1.165, 1.54) is 58.4 Å². The van der Waals surface area contributed by atoms with Gasteiger partial charge in [-0.2, -0.15) is 0 Å². The minimum absolute atomic E-state index is 0.0337. The first kappa shape index (κ1) is 91.0. The van der Waals surface area contributed by atoms with Crippen LogP contribution < -0.4 is 27.6 Å². The molecule has 0 bridgehead atoms. The van der Waals surface area contributed by atoms with E-state index < -0.39 is 30.4 Å². The Hall–Kier alpha value is -7.34. The monoisotopic (exact) mass is 1530 g/mol. The van der Waals surface area contributed by atoms with Crippen molar-refractivity contribution in [3.8, 4) is 34.5 Å². The molecule has 0 unspecified atom stereocenters. The highest BCUT2D eigenvalue weighted by molar-refractivity contribution is 7.58. The highest BCUT2D eigenvalue weighted by Gasteiger charge is 2.29. The average molecular weight is 1530 g/mol. The molecule has 6 rings (SSSR count). The van der Waals surface area contributed by atoms with Gasteiger partial charge in [-0.25, -0.2) is 9.13 Å². The van der Waals surface area contributed by atoms with Crippen molar-refractivity contribution in [2.24, 2.45) is 0 Å². The smallest absolute Gasteiger partial charge is 0.442 e. The predicted molar refractivity (Wildman–Crippen MR) is 442 cm³/mol. The molecule has 0 saturated heterocycles. The van der Waals surface area contributed by atoms with Crippen molar-refractivity contribution in [3.63, 3.8) is 0 Å².